The monoisotopic (exact) mass is 376 g/mol. The third-order valence-electron chi connectivity index (χ3n) is 4.48. The molecule has 3 rings (SSSR count). The number of carbonyl (C=O) groups excluding carboxylic acids is 1. The average molecular weight is 376 g/mol. The van der Waals surface area contributed by atoms with E-state index < -0.39 is 0 Å². The van der Waals surface area contributed by atoms with E-state index in [2.05, 4.69) is 5.10 Å². The van der Waals surface area contributed by atoms with Gasteiger partial charge in [0, 0.05) is 18.3 Å². The van der Waals surface area contributed by atoms with E-state index in [9.17, 15) is 4.79 Å². The van der Waals surface area contributed by atoms with Gasteiger partial charge in [-0.2, -0.15) is 5.10 Å². The Morgan fingerprint density at radius 3 is 2.71 bits per heavy atom. The lowest BCUT2D eigenvalue weighted by Crippen LogP contribution is -2.07. The minimum Gasteiger partial charge on any atom is -0.496 e. The molecular formula is C23H24N2O3. The summed E-state index contributed by atoms with van der Waals surface area (Å²) in [4.78, 5) is 12.4. The summed E-state index contributed by atoms with van der Waals surface area (Å²) in [6.07, 6.45) is 5.00. The van der Waals surface area contributed by atoms with Crippen molar-refractivity contribution in [3.05, 3.63) is 83.2 Å². The number of benzene rings is 2. The van der Waals surface area contributed by atoms with Crippen molar-refractivity contribution in [2.24, 2.45) is 0 Å². The van der Waals surface area contributed by atoms with Crippen LogP contribution in [0.25, 0.3) is 6.08 Å². The van der Waals surface area contributed by atoms with Crippen molar-refractivity contribution in [2.75, 3.05) is 7.11 Å². The zero-order valence-electron chi connectivity index (χ0n) is 16.4. The van der Waals surface area contributed by atoms with E-state index in [1.807, 2.05) is 56.3 Å². The molecule has 28 heavy (non-hydrogen) atoms. The molecule has 0 N–H and O–H groups in total. The van der Waals surface area contributed by atoms with Gasteiger partial charge in [0.05, 0.1) is 7.11 Å². The predicted molar refractivity (Wildman–Crippen MR) is 110 cm³/mol. The summed E-state index contributed by atoms with van der Waals surface area (Å²) in [6.45, 7) is 5.01. The number of rotatable bonds is 8. The molecule has 0 aliphatic carbocycles. The zero-order chi connectivity index (χ0) is 19.9. The van der Waals surface area contributed by atoms with Gasteiger partial charge in [0.2, 0.25) is 5.78 Å². The standard InChI is InChI=1S/C23H24N2O3/c1-4-25-20(13-14-24-25)21(26)11-9-18-10-12-23(27-3)19(15-18)16-28-22-8-6-5-7-17(22)2/h5-15H,4,16H2,1-3H3/b11-9+. The highest BCUT2D eigenvalue weighted by atomic mass is 16.5. The van der Waals surface area contributed by atoms with Crippen molar-refractivity contribution in [3.8, 4) is 11.5 Å². The van der Waals surface area contributed by atoms with Gasteiger partial charge in [0.15, 0.2) is 0 Å². The molecular weight excluding hydrogens is 352 g/mol. The minimum absolute atomic E-state index is 0.0760. The van der Waals surface area contributed by atoms with Gasteiger partial charge in [-0.1, -0.05) is 30.3 Å². The summed E-state index contributed by atoms with van der Waals surface area (Å²) < 4.78 is 13.1. The number of hydrogen-bond donors (Lipinski definition) is 0. The van der Waals surface area contributed by atoms with E-state index in [1.54, 1.807) is 36.2 Å². The van der Waals surface area contributed by atoms with Crippen LogP contribution in [0.4, 0.5) is 0 Å². The first-order valence-corrected chi connectivity index (χ1v) is 9.22. The van der Waals surface area contributed by atoms with Crippen LogP contribution in [0.1, 0.15) is 34.1 Å². The normalized spacial score (nSPS) is 11.0. The van der Waals surface area contributed by atoms with Crippen LogP contribution in [-0.4, -0.2) is 22.7 Å². The molecule has 0 saturated carbocycles. The molecule has 0 spiro atoms. The van der Waals surface area contributed by atoms with Crippen LogP contribution < -0.4 is 9.47 Å². The van der Waals surface area contributed by atoms with Crippen molar-refractivity contribution in [3.63, 3.8) is 0 Å². The molecule has 0 fully saturated rings. The molecule has 1 aromatic heterocycles. The maximum absolute atomic E-state index is 12.4. The van der Waals surface area contributed by atoms with Crippen LogP contribution in [0.3, 0.4) is 0 Å². The van der Waals surface area contributed by atoms with Crippen LogP contribution in [-0.2, 0) is 13.2 Å². The number of methoxy groups -OCH3 is 1. The summed E-state index contributed by atoms with van der Waals surface area (Å²) in [5.74, 6) is 1.52. The molecule has 2 aromatic carbocycles. The van der Waals surface area contributed by atoms with Crippen molar-refractivity contribution in [2.45, 2.75) is 27.0 Å². The number of aromatic nitrogens is 2. The highest BCUT2D eigenvalue weighted by molar-refractivity contribution is 6.05. The Balaban J connectivity index is 1.76. The predicted octanol–water partition coefficient (Wildman–Crippen LogP) is 4.70. The first-order valence-electron chi connectivity index (χ1n) is 9.22. The highest BCUT2D eigenvalue weighted by Crippen LogP contribution is 2.24. The Morgan fingerprint density at radius 2 is 1.96 bits per heavy atom. The maximum Gasteiger partial charge on any atom is 0.203 e. The summed E-state index contributed by atoms with van der Waals surface area (Å²) in [5, 5.41) is 4.14. The van der Waals surface area contributed by atoms with Crippen molar-refractivity contribution >= 4 is 11.9 Å². The van der Waals surface area contributed by atoms with E-state index in [1.165, 1.54) is 0 Å². The average Bonchev–Trinajstić information content (AvgIpc) is 3.20. The van der Waals surface area contributed by atoms with Crippen molar-refractivity contribution in [1.82, 2.24) is 9.78 Å². The van der Waals surface area contributed by atoms with E-state index in [0.717, 1.165) is 28.2 Å². The first-order chi connectivity index (χ1) is 13.6. The lowest BCUT2D eigenvalue weighted by atomic mass is 10.1. The third-order valence-corrected chi connectivity index (χ3v) is 4.48. The van der Waals surface area contributed by atoms with Gasteiger partial charge in [-0.3, -0.25) is 9.48 Å². The largest absolute Gasteiger partial charge is 0.496 e. The van der Waals surface area contributed by atoms with Crippen LogP contribution in [0, 0.1) is 6.92 Å². The summed E-state index contributed by atoms with van der Waals surface area (Å²) in [6, 6.07) is 15.4. The zero-order valence-corrected chi connectivity index (χ0v) is 16.4. The summed E-state index contributed by atoms with van der Waals surface area (Å²) in [7, 11) is 1.64. The number of hydrogen-bond acceptors (Lipinski definition) is 4. The molecule has 5 nitrogen and oxygen atoms in total. The van der Waals surface area contributed by atoms with Crippen LogP contribution in [0.2, 0.25) is 0 Å². The molecule has 3 aromatic rings. The molecule has 1 heterocycles. The van der Waals surface area contributed by atoms with Crippen molar-refractivity contribution < 1.29 is 14.3 Å². The molecule has 0 aliphatic heterocycles. The van der Waals surface area contributed by atoms with E-state index in [4.69, 9.17) is 9.47 Å². The Bertz CT molecular complexity index is 989. The number of aryl methyl sites for hydroxylation is 2. The molecule has 0 unspecified atom stereocenters. The fourth-order valence-corrected chi connectivity index (χ4v) is 2.94. The number of carbonyl (C=O) groups is 1. The summed E-state index contributed by atoms with van der Waals surface area (Å²) in [5.41, 5.74) is 3.48. The Morgan fingerprint density at radius 1 is 1.14 bits per heavy atom. The van der Waals surface area contributed by atoms with Gasteiger partial charge in [-0.15, -0.1) is 0 Å². The van der Waals surface area contributed by atoms with Crippen LogP contribution in [0.5, 0.6) is 11.5 Å². The Labute approximate surface area is 165 Å². The fourth-order valence-electron chi connectivity index (χ4n) is 2.94. The number of para-hydroxylation sites is 1. The van der Waals surface area contributed by atoms with Gasteiger partial charge >= 0.3 is 0 Å². The quantitative estimate of drug-likeness (QED) is 0.423. The van der Waals surface area contributed by atoms with E-state index in [0.29, 0.717) is 18.8 Å². The van der Waals surface area contributed by atoms with E-state index >= 15 is 0 Å². The van der Waals surface area contributed by atoms with Crippen LogP contribution in [0.15, 0.2) is 60.8 Å². The molecule has 144 valence electrons. The molecule has 0 amide bonds. The Kier molecular flexibility index (Phi) is 6.27. The molecule has 0 radical (unpaired) electrons. The SMILES string of the molecule is CCn1nccc1C(=O)/C=C/c1ccc(OC)c(COc2ccccc2C)c1. The molecule has 0 aliphatic rings. The van der Waals surface area contributed by atoms with Gasteiger partial charge in [0.25, 0.3) is 0 Å². The second-order valence-corrected chi connectivity index (χ2v) is 6.36. The smallest absolute Gasteiger partial charge is 0.203 e. The lowest BCUT2D eigenvalue weighted by Gasteiger charge is -2.12. The minimum atomic E-state index is -0.0760. The topological polar surface area (TPSA) is 53.4 Å². The van der Waals surface area contributed by atoms with Crippen molar-refractivity contribution in [1.29, 1.82) is 0 Å². The van der Waals surface area contributed by atoms with E-state index in [-0.39, 0.29) is 5.78 Å². The van der Waals surface area contributed by atoms with Crippen LogP contribution >= 0.6 is 0 Å². The lowest BCUT2D eigenvalue weighted by molar-refractivity contribution is 0.103. The number of ether oxygens (including phenoxy) is 2. The van der Waals surface area contributed by atoms with Gasteiger partial charge in [-0.05, 0) is 55.3 Å². The number of nitrogens with zero attached hydrogens (tertiary/aromatic N) is 2. The first kappa shape index (κ1) is 19.4. The molecule has 5 heteroatoms. The second-order valence-electron chi connectivity index (χ2n) is 6.36. The van der Waals surface area contributed by atoms with Gasteiger partial charge in [-0.25, -0.2) is 0 Å². The highest BCUT2D eigenvalue weighted by Gasteiger charge is 2.09. The fraction of sp³-hybridized carbons (Fsp3) is 0.217. The van der Waals surface area contributed by atoms with Gasteiger partial charge in [0.1, 0.15) is 23.8 Å². The molecule has 0 bridgehead atoms. The van der Waals surface area contributed by atoms with Gasteiger partial charge < -0.3 is 9.47 Å². The maximum atomic E-state index is 12.4. The number of ketones is 1. The number of allylic oxidation sites excluding steroid dienone is 1. The second kappa shape index (κ2) is 9.04. The molecule has 0 atom stereocenters. The third kappa shape index (κ3) is 4.49. The summed E-state index contributed by atoms with van der Waals surface area (Å²) >= 11 is 0. The molecule has 0 saturated heterocycles. The Hall–Kier alpha value is -3.34.